The highest BCUT2D eigenvalue weighted by Crippen LogP contribution is 2.18. The van der Waals surface area contributed by atoms with E-state index >= 15 is 0 Å². The van der Waals surface area contributed by atoms with E-state index in [4.69, 9.17) is 11.6 Å². The summed E-state index contributed by atoms with van der Waals surface area (Å²) in [6.45, 7) is 9.28. The van der Waals surface area contributed by atoms with Gasteiger partial charge in [-0.2, -0.15) is 5.10 Å². The fourth-order valence-corrected chi connectivity index (χ4v) is 2.83. The van der Waals surface area contributed by atoms with Crippen LogP contribution in [0.5, 0.6) is 0 Å². The monoisotopic (exact) mass is 351 g/mol. The SMILES string of the molecule is Cc1nn(CC(C)C)c(C)c1CC(=O)NCc1ccc(F)cc1Cl. The van der Waals surface area contributed by atoms with Gasteiger partial charge in [0.15, 0.2) is 0 Å². The third kappa shape index (κ3) is 4.57. The largest absolute Gasteiger partial charge is 0.352 e. The summed E-state index contributed by atoms with van der Waals surface area (Å²) in [7, 11) is 0. The van der Waals surface area contributed by atoms with E-state index in [0.717, 1.165) is 23.5 Å². The molecule has 0 aliphatic carbocycles. The Morgan fingerprint density at radius 3 is 2.71 bits per heavy atom. The molecule has 1 aromatic heterocycles. The Labute approximate surface area is 147 Å². The molecule has 6 heteroatoms. The predicted molar refractivity (Wildman–Crippen MR) is 93.5 cm³/mol. The van der Waals surface area contributed by atoms with E-state index in [-0.39, 0.29) is 24.7 Å². The molecule has 0 fully saturated rings. The number of hydrogen-bond donors (Lipinski definition) is 1. The lowest BCUT2D eigenvalue weighted by Crippen LogP contribution is -2.25. The number of amides is 1. The molecule has 0 saturated heterocycles. The van der Waals surface area contributed by atoms with Gasteiger partial charge in [-0.25, -0.2) is 4.39 Å². The molecular formula is C18H23ClFN3O. The van der Waals surface area contributed by atoms with Gasteiger partial charge < -0.3 is 5.32 Å². The molecule has 0 aliphatic heterocycles. The van der Waals surface area contributed by atoms with Gasteiger partial charge in [0, 0.05) is 29.4 Å². The van der Waals surface area contributed by atoms with Crippen LogP contribution in [0.15, 0.2) is 18.2 Å². The van der Waals surface area contributed by atoms with Gasteiger partial charge in [0.05, 0.1) is 12.1 Å². The smallest absolute Gasteiger partial charge is 0.224 e. The number of carbonyl (C=O) groups is 1. The van der Waals surface area contributed by atoms with Crippen LogP contribution in [0.2, 0.25) is 5.02 Å². The minimum atomic E-state index is -0.390. The minimum Gasteiger partial charge on any atom is -0.352 e. The number of hydrogen-bond acceptors (Lipinski definition) is 2. The van der Waals surface area contributed by atoms with Crippen molar-refractivity contribution >= 4 is 17.5 Å². The van der Waals surface area contributed by atoms with Crippen LogP contribution in [-0.2, 0) is 24.3 Å². The van der Waals surface area contributed by atoms with Crippen molar-refractivity contribution in [3.63, 3.8) is 0 Å². The van der Waals surface area contributed by atoms with Crippen molar-refractivity contribution in [2.24, 2.45) is 5.92 Å². The molecule has 0 bridgehead atoms. The second-order valence-electron chi connectivity index (χ2n) is 6.41. The maximum absolute atomic E-state index is 13.0. The van der Waals surface area contributed by atoms with Crippen molar-refractivity contribution in [2.75, 3.05) is 0 Å². The number of nitrogens with zero attached hydrogens (tertiary/aromatic N) is 2. The molecule has 0 radical (unpaired) electrons. The number of halogens is 2. The topological polar surface area (TPSA) is 46.9 Å². The first-order valence-corrected chi connectivity index (χ1v) is 8.39. The lowest BCUT2D eigenvalue weighted by molar-refractivity contribution is -0.120. The summed E-state index contributed by atoms with van der Waals surface area (Å²) in [5.41, 5.74) is 3.55. The molecule has 1 N–H and O–H groups in total. The first-order valence-electron chi connectivity index (χ1n) is 8.01. The normalized spacial score (nSPS) is 11.1. The Morgan fingerprint density at radius 2 is 2.08 bits per heavy atom. The van der Waals surface area contributed by atoms with Gasteiger partial charge in [-0.15, -0.1) is 0 Å². The molecule has 130 valence electrons. The molecule has 1 heterocycles. The number of carbonyl (C=O) groups excluding carboxylic acids is 1. The van der Waals surface area contributed by atoms with E-state index in [1.165, 1.54) is 12.1 Å². The molecule has 24 heavy (non-hydrogen) atoms. The van der Waals surface area contributed by atoms with E-state index in [0.29, 0.717) is 16.5 Å². The number of rotatable bonds is 6. The predicted octanol–water partition coefficient (Wildman–Crippen LogP) is 3.81. The van der Waals surface area contributed by atoms with Gasteiger partial charge in [-0.3, -0.25) is 9.48 Å². The summed E-state index contributed by atoms with van der Waals surface area (Å²) in [6.07, 6.45) is 0.272. The highest BCUT2D eigenvalue weighted by atomic mass is 35.5. The molecule has 1 aromatic carbocycles. The first kappa shape index (κ1) is 18.5. The van der Waals surface area contributed by atoms with Crippen LogP contribution >= 0.6 is 11.6 Å². The first-order chi connectivity index (χ1) is 11.3. The van der Waals surface area contributed by atoms with E-state index in [1.807, 2.05) is 18.5 Å². The molecule has 0 atom stereocenters. The number of aromatic nitrogens is 2. The fraction of sp³-hybridized carbons (Fsp3) is 0.444. The zero-order chi connectivity index (χ0) is 17.9. The standard InChI is InChI=1S/C18H23ClFN3O/c1-11(2)10-23-13(4)16(12(3)22-23)8-18(24)21-9-14-5-6-15(20)7-17(14)19/h5-7,11H,8-10H2,1-4H3,(H,21,24). The van der Waals surface area contributed by atoms with Crippen LogP contribution in [0.4, 0.5) is 4.39 Å². The second-order valence-corrected chi connectivity index (χ2v) is 6.82. The molecule has 2 aromatic rings. The highest BCUT2D eigenvalue weighted by molar-refractivity contribution is 6.31. The summed E-state index contributed by atoms with van der Waals surface area (Å²) in [5, 5.41) is 7.66. The summed E-state index contributed by atoms with van der Waals surface area (Å²) in [6, 6.07) is 4.15. The maximum atomic E-state index is 13.0. The maximum Gasteiger partial charge on any atom is 0.224 e. The molecule has 4 nitrogen and oxygen atoms in total. The molecule has 0 saturated carbocycles. The lowest BCUT2D eigenvalue weighted by atomic mass is 10.1. The van der Waals surface area contributed by atoms with Crippen molar-refractivity contribution in [3.05, 3.63) is 51.6 Å². The van der Waals surface area contributed by atoms with Crippen LogP contribution < -0.4 is 5.32 Å². The quantitative estimate of drug-likeness (QED) is 0.860. The Balaban J connectivity index is 2.01. The Morgan fingerprint density at radius 1 is 1.38 bits per heavy atom. The van der Waals surface area contributed by atoms with Gasteiger partial charge in [-0.1, -0.05) is 31.5 Å². The van der Waals surface area contributed by atoms with Crippen LogP contribution in [0.1, 0.15) is 36.4 Å². The number of aryl methyl sites for hydroxylation is 1. The number of nitrogens with one attached hydrogen (secondary N) is 1. The van der Waals surface area contributed by atoms with E-state index in [1.54, 1.807) is 6.07 Å². The summed E-state index contributed by atoms with van der Waals surface area (Å²) in [5.74, 6) is -0.00474. The van der Waals surface area contributed by atoms with Gasteiger partial charge in [-0.05, 0) is 37.5 Å². The Kier molecular flexibility index (Phi) is 5.99. The summed E-state index contributed by atoms with van der Waals surface area (Å²) >= 11 is 5.97. The molecule has 0 unspecified atom stereocenters. The Hall–Kier alpha value is -1.88. The van der Waals surface area contributed by atoms with Crippen molar-refractivity contribution in [1.82, 2.24) is 15.1 Å². The molecule has 1 amide bonds. The van der Waals surface area contributed by atoms with Gasteiger partial charge in [0.2, 0.25) is 5.91 Å². The third-order valence-electron chi connectivity index (χ3n) is 3.90. The molecule has 2 rings (SSSR count). The van der Waals surface area contributed by atoms with Crippen LogP contribution in [0, 0.1) is 25.6 Å². The van der Waals surface area contributed by atoms with E-state index in [9.17, 15) is 9.18 Å². The Bertz CT molecular complexity index is 740. The zero-order valence-electron chi connectivity index (χ0n) is 14.5. The highest BCUT2D eigenvalue weighted by Gasteiger charge is 2.15. The van der Waals surface area contributed by atoms with Crippen LogP contribution in [-0.4, -0.2) is 15.7 Å². The second kappa shape index (κ2) is 7.79. The molecular weight excluding hydrogens is 329 g/mol. The van der Waals surface area contributed by atoms with Crippen molar-refractivity contribution in [3.8, 4) is 0 Å². The van der Waals surface area contributed by atoms with Crippen molar-refractivity contribution in [2.45, 2.75) is 47.2 Å². The molecule has 0 spiro atoms. The van der Waals surface area contributed by atoms with Crippen LogP contribution in [0.25, 0.3) is 0 Å². The fourth-order valence-electron chi connectivity index (χ4n) is 2.60. The average Bonchev–Trinajstić information content (AvgIpc) is 2.73. The van der Waals surface area contributed by atoms with Crippen molar-refractivity contribution in [1.29, 1.82) is 0 Å². The van der Waals surface area contributed by atoms with Gasteiger partial charge in [0.1, 0.15) is 5.82 Å². The number of benzene rings is 1. The molecule has 0 aliphatic rings. The summed E-state index contributed by atoms with van der Waals surface area (Å²) in [4.78, 5) is 12.2. The van der Waals surface area contributed by atoms with Crippen LogP contribution in [0.3, 0.4) is 0 Å². The van der Waals surface area contributed by atoms with E-state index < -0.39 is 0 Å². The van der Waals surface area contributed by atoms with Crippen molar-refractivity contribution < 1.29 is 9.18 Å². The van der Waals surface area contributed by atoms with E-state index in [2.05, 4.69) is 24.3 Å². The van der Waals surface area contributed by atoms with Gasteiger partial charge in [0.25, 0.3) is 0 Å². The summed E-state index contributed by atoms with van der Waals surface area (Å²) < 4.78 is 15.0. The van der Waals surface area contributed by atoms with Gasteiger partial charge >= 0.3 is 0 Å². The lowest BCUT2D eigenvalue weighted by Gasteiger charge is -2.09. The third-order valence-corrected chi connectivity index (χ3v) is 4.25. The average molecular weight is 352 g/mol. The zero-order valence-corrected chi connectivity index (χ0v) is 15.2. The minimum absolute atomic E-state index is 0.106.